The minimum absolute atomic E-state index is 0.0758. The predicted octanol–water partition coefficient (Wildman–Crippen LogP) is 6.10. The number of carbonyl (C=O) groups excluding carboxylic acids is 2. The quantitative estimate of drug-likeness (QED) is 0.178. The van der Waals surface area contributed by atoms with Gasteiger partial charge in [-0.1, -0.05) is 66.7 Å². The third kappa shape index (κ3) is 7.25. The number of para-hydroxylation sites is 1. The molecule has 0 atom stereocenters. The molecule has 0 aliphatic carbocycles. The molecule has 0 spiro atoms. The maximum Gasteiger partial charge on any atom is 0.310 e. The van der Waals surface area contributed by atoms with Gasteiger partial charge in [0.25, 0.3) is 0 Å². The Hall–Kier alpha value is -4.88. The summed E-state index contributed by atoms with van der Waals surface area (Å²) in [5, 5.41) is 3.87. The first kappa shape index (κ1) is 28.6. The lowest BCUT2D eigenvalue weighted by Crippen LogP contribution is -2.24. The number of carbonyl (C=O) groups is 2. The average molecular weight is 563 g/mol. The molecule has 0 unspecified atom stereocenters. The van der Waals surface area contributed by atoms with E-state index in [1.165, 1.54) is 0 Å². The van der Waals surface area contributed by atoms with Crippen LogP contribution in [0.25, 0.3) is 22.1 Å². The van der Waals surface area contributed by atoms with Crippen molar-refractivity contribution in [3.8, 4) is 16.9 Å². The minimum atomic E-state index is -0.293. The number of ether oxygens (including phenoxy) is 2. The van der Waals surface area contributed by atoms with Crippen molar-refractivity contribution in [2.75, 3.05) is 6.61 Å². The highest BCUT2D eigenvalue weighted by molar-refractivity contribution is 5.94. The zero-order valence-corrected chi connectivity index (χ0v) is 23.6. The Morgan fingerprint density at radius 3 is 2.43 bits per heavy atom. The van der Waals surface area contributed by atoms with Crippen LogP contribution in [-0.2, 0) is 46.9 Å². The number of amides is 1. The fraction of sp³-hybridized carbons (Fsp3) is 0.200. The number of hydrogen-bond acceptors (Lipinski definition) is 6. The molecule has 5 aromatic rings. The fourth-order valence-corrected chi connectivity index (χ4v) is 4.87. The molecular formula is C35H34N2O5. The normalized spacial score (nSPS) is 10.9. The Labute approximate surface area is 245 Å². The van der Waals surface area contributed by atoms with Crippen LogP contribution in [0.1, 0.15) is 34.9 Å². The van der Waals surface area contributed by atoms with Gasteiger partial charge in [-0.05, 0) is 59.5 Å². The largest absolute Gasteiger partial charge is 0.489 e. The van der Waals surface area contributed by atoms with E-state index in [-0.39, 0.29) is 31.4 Å². The molecule has 0 fully saturated rings. The summed E-state index contributed by atoms with van der Waals surface area (Å²) in [6.45, 7) is 3.11. The van der Waals surface area contributed by atoms with E-state index >= 15 is 0 Å². The zero-order valence-electron chi connectivity index (χ0n) is 23.6. The van der Waals surface area contributed by atoms with Crippen molar-refractivity contribution in [3.63, 3.8) is 0 Å². The van der Waals surface area contributed by atoms with Gasteiger partial charge in [-0.15, -0.1) is 0 Å². The van der Waals surface area contributed by atoms with Crippen LogP contribution in [-0.4, -0.2) is 18.5 Å². The Bertz CT molecular complexity index is 1680. The van der Waals surface area contributed by atoms with E-state index in [0.29, 0.717) is 31.1 Å². The molecule has 0 saturated carbocycles. The number of furan rings is 1. The molecule has 0 aliphatic rings. The van der Waals surface area contributed by atoms with Gasteiger partial charge in [-0.2, -0.15) is 0 Å². The van der Waals surface area contributed by atoms with Gasteiger partial charge in [0.15, 0.2) is 0 Å². The second kappa shape index (κ2) is 13.7. The molecule has 0 saturated heterocycles. The van der Waals surface area contributed by atoms with Crippen LogP contribution < -0.4 is 15.8 Å². The van der Waals surface area contributed by atoms with E-state index < -0.39 is 0 Å². The SMILES string of the molecule is CCOC(=O)Cc1ccccc1OCc1cc(-c2cccc(CN)c2)c2oc(CNC(=O)Cc3ccccc3)cc2c1. The Balaban J connectivity index is 1.40. The molecule has 1 amide bonds. The van der Waals surface area contributed by atoms with Gasteiger partial charge in [0.05, 0.1) is 26.0 Å². The van der Waals surface area contributed by atoms with Crippen molar-refractivity contribution >= 4 is 22.8 Å². The highest BCUT2D eigenvalue weighted by atomic mass is 16.5. The Kier molecular flexibility index (Phi) is 9.31. The number of nitrogens with two attached hydrogens (primary N) is 1. The molecule has 42 heavy (non-hydrogen) atoms. The Morgan fingerprint density at radius 2 is 1.62 bits per heavy atom. The first-order valence-corrected chi connectivity index (χ1v) is 14.0. The first-order valence-electron chi connectivity index (χ1n) is 14.0. The van der Waals surface area contributed by atoms with Crippen LogP contribution in [0.3, 0.4) is 0 Å². The van der Waals surface area contributed by atoms with E-state index in [0.717, 1.165) is 44.3 Å². The van der Waals surface area contributed by atoms with Crippen molar-refractivity contribution in [2.45, 2.75) is 39.5 Å². The smallest absolute Gasteiger partial charge is 0.310 e. The van der Waals surface area contributed by atoms with Crippen LogP contribution >= 0.6 is 0 Å². The third-order valence-electron chi connectivity index (χ3n) is 6.88. The highest BCUT2D eigenvalue weighted by Crippen LogP contribution is 2.34. The van der Waals surface area contributed by atoms with E-state index in [2.05, 4.69) is 11.4 Å². The van der Waals surface area contributed by atoms with E-state index in [1.807, 2.05) is 91.0 Å². The first-order chi connectivity index (χ1) is 20.5. The molecule has 4 aromatic carbocycles. The monoisotopic (exact) mass is 562 g/mol. The molecule has 7 heteroatoms. The zero-order chi connectivity index (χ0) is 29.3. The lowest BCUT2D eigenvalue weighted by atomic mass is 9.99. The van der Waals surface area contributed by atoms with Gasteiger partial charge in [0, 0.05) is 23.1 Å². The molecule has 0 bridgehead atoms. The molecule has 0 aliphatic heterocycles. The second-order valence-corrected chi connectivity index (χ2v) is 10.00. The number of fused-ring (bicyclic) bond motifs is 1. The molecule has 3 N–H and O–H groups in total. The number of benzene rings is 4. The molecule has 1 aromatic heterocycles. The van der Waals surface area contributed by atoms with Crippen LogP contribution in [0, 0.1) is 0 Å². The molecule has 1 heterocycles. The molecule has 214 valence electrons. The average Bonchev–Trinajstić information content (AvgIpc) is 3.43. The lowest BCUT2D eigenvalue weighted by molar-refractivity contribution is -0.142. The van der Waals surface area contributed by atoms with Gasteiger partial charge in [0.1, 0.15) is 23.7 Å². The summed E-state index contributed by atoms with van der Waals surface area (Å²) in [7, 11) is 0. The van der Waals surface area contributed by atoms with Crippen molar-refractivity contribution in [1.29, 1.82) is 0 Å². The summed E-state index contributed by atoms with van der Waals surface area (Å²) in [4.78, 5) is 24.7. The van der Waals surface area contributed by atoms with Gasteiger partial charge in [-0.3, -0.25) is 9.59 Å². The predicted molar refractivity (Wildman–Crippen MR) is 163 cm³/mol. The van der Waals surface area contributed by atoms with E-state index in [1.54, 1.807) is 6.92 Å². The van der Waals surface area contributed by atoms with Crippen LogP contribution in [0.2, 0.25) is 0 Å². The van der Waals surface area contributed by atoms with Crippen LogP contribution in [0.4, 0.5) is 0 Å². The molecular weight excluding hydrogens is 528 g/mol. The van der Waals surface area contributed by atoms with Gasteiger partial charge < -0.3 is 24.9 Å². The number of esters is 1. The number of hydrogen-bond donors (Lipinski definition) is 2. The maximum atomic E-state index is 12.6. The summed E-state index contributed by atoms with van der Waals surface area (Å²) >= 11 is 0. The van der Waals surface area contributed by atoms with Crippen LogP contribution in [0.5, 0.6) is 5.75 Å². The summed E-state index contributed by atoms with van der Waals surface area (Å²) in [5.41, 5.74) is 12.2. The summed E-state index contributed by atoms with van der Waals surface area (Å²) in [6, 6.07) is 31.2. The van der Waals surface area contributed by atoms with Crippen molar-refractivity contribution in [3.05, 3.63) is 125 Å². The molecule has 7 nitrogen and oxygen atoms in total. The molecule has 0 radical (unpaired) electrons. The number of rotatable bonds is 12. The van der Waals surface area contributed by atoms with Gasteiger partial charge >= 0.3 is 5.97 Å². The number of nitrogens with one attached hydrogen (secondary N) is 1. The lowest BCUT2D eigenvalue weighted by Gasteiger charge is -2.13. The van der Waals surface area contributed by atoms with Crippen molar-refractivity contribution < 1.29 is 23.5 Å². The van der Waals surface area contributed by atoms with Crippen LogP contribution in [0.15, 0.2) is 101 Å². The Morgan fingerprint density at radius 1 is 0.833 bits per heavy atom. The minimum Gasteiger partial charge on any atom is -0.489 e. The standard InChI is InChI=1S/C35H34N2O5/c1-2-40-34(39)20-28-12-6-7-14-32(28)41-23-26-16-29-19-30(22-37-33(38)18-24-9-4-3-5-10-24)42-35(29)31(17-26)27-13-8-11-25(15-27)21-36/h3-17,19H,2,18,20-23,36H2,1H3,(H,37,38). The van der Waals surface area contributed by atoms with Crippen molar-refractivity contribution in [1.82, 2.24) is 5.32 Å². The second-order valence-electron chi connectivity index (χ2n) is 10.00. The van der Waals surface area contributed by atoms with Gasteiger partial charge in [-0.25, -0.2) is 0 Å². The molecule has 5 rings (SSSR count). The summed E-state index contributed by atoms with van der Waals surface area (Å²) < 4.78 is 17.6. The highest BCUT2D eigenvalue weighted by Gasteiger charge is 2.15. The van der Waals surface area contributed by atoms with E-state index in [9.17, 15) is 9.59 Å². The fourth-order valence-electron chi connectivity index (χ4n) is 4.87. The van der Waals surface area contributed by atoms with Crippen molar-refractivity contribution in [2.24, 2.45) is 5.73 Å². The topological polar surface area (TPSA) is 104 Å². The maximum absolute atomic E-state index is 12.6. The third-order valence-corrected chi connectivity index (χ3v) is 6.88. The van der Waals surface area contributed by atoms with E-state index in [4.69, 9.17) is 19.6 Å². The summed E-state index contributed by atoms with van der Waals surface area (Å²) in [6.07, 6.45) is 0.443. The summed E-state index contributed by atoms with van der Waals surface area (Å²) in [5.74, 6) is 0.916. The van der Waals surface area contributed by atoms with Gasteiger partial charge in [0.2, 0.25) is 5.91 Å².